The summed E-state index contributed by atoms with van der Waals surface area (Å²) in [5.41, 5.74) is 2.36. The summed E-state index contributed by atoms with van der Waals surface area (Å²) in [6, 6.07) is 22.1. The number of amides is 2. The van der Waals surface area contributed by atoms with Gasteiger partial charge in [0, 0.05) is 16.8 Å². The van der Waals surface area contributed by atoms with Gasteiger partial charge in [0.2, 0.25) is 0 Å². The zero-order chi connectivity index (χ0) is 19.9. The van der Waals surface area contributed by atoms with Crippen molar-refractivity contribution in [2.45, 2.75) is 0 Å². The van der Waals surface area contributed by atoms with Crippen LogP contribution in [-0.4, -0.2) is 18.9 Å². The zero-order valence-corrected chi connectivity index (χ0v) is 15.1. The molecule has 0 saturated heterocycles. The number of benzene rings is 3. The zero-order valence-electron chi connectivity index (χ0n) is 15.1. The topological polar surface area (TPSA) is 91.2 Å². The molecule has 0 heterocycles. The number of carbonyl (C=O) groups is 2. The Hall–Kier alpha value is -4.11. The highest BCUT2D eigenvalue weighted by Gasteiger charge is 2.11. The van der Waals surface area contributed by atoms with Crippen molar-refractivity contribution >= 4 is 23.2 Å². The minimum absolute atomic E-state index is 0.288. The van der Waals surface area contributed by atoms with Gasteiger partial charge in [-0.2, -0.15) is 5.26 Å². The predicted octanol–water partition coefficient (Wildman–Crippen LogP) is 4.07. The normalized spacial score (nSPS) is 9.86. The van der Waals surface area contributed by atoms with Gasteiger partial charge in [-0.05, 0) is 54.6 Å². The van der Waals surface area contributed by atoms with Gasteiger partial charge in [-0.1, -0.05) is 18.2 Å². The largest absolute Gasteiger partial charge is 0.495 e. The summed E-state index contributed by atoms with van der Waals surface area (Å²) in [5.74, 6) is -0.0493. The van der Waals surface area contributed by atoms with Crippen LogP contribution in [-0.2, 0) is 0 Å². The molecule has 0 radical (unpaired) electrons. The molecule has 3 rings (SSSR count). The molecule has 0 aliphatic rings. The van der Waals surface area contributed by atoms with Crippen LogP contribution in [0, 0.1) is 11.3 Å². The summed E-state index contributed by atoms with van der Waals surface area (Å²) < 4.78 is 5.22. The predicted molar refractivity (Wildman–Crippen MR) is 106 cm³/mol. The monoisotopic (exact) mass is 371 g/mol. The molecule has 0 atom stereocenters. The van der Waals surface area contributed by atoms with Gasteiger partial charge in [0.15, 0.2) is 0 Å². The number of ether oxygens (including phenoxy) is 1. The lowest BCUT2D eigenvalue weighted by atomic mass is 10.1. The summed E-state index contributed by atoms with van der Waals surface area (Å²) in [4.78, 5) is 24.7. The van der Waals surface area contributed by atoms with E-state index >= 15 is 0 Å². The Balaban J connectivity index is 1.68. The minimum atomic E-state index is -0.330. The third-order valence-corrected chi connectivity index (χ3v) is 4.01. The summed E-state index contributed by atoms with van der Waals surface area (Å²) >= 11 is 0. The molecule has 2 N–H and O–H groups in total. The number of hydrogen-bond acceptors (Lipinski definition) is 4. The first-order valence-corrected chi connectivity index (χ1v) is 8.46. The number of nitrogens with zero attached hydrogens (tertiary/aromatic N) is 1. The minimum Gasteiger partial charge on any atom is -0.495 e. The van der Waals surface area contributed by atoms with Gasteiger partial charge < -0.3 is 15.4 Å². The lowest BCUT2D eigenvalue weighted by molar-refractivity contribution is 0.101. The molecule has 0 bridgehead atoms. The van der Waals surface area contributed by atoms with E-state index < -0.39 is 0 Å². The lowest BCUT2D eigenvalue weighted by Gasteiger charge is -2.10. The van der Waals surface area contributed by atoms with Crippen LogP contribution < -0.4 is 15.4 Å². The summed E-state index contributed by atoms with van der Waals surface area (Å²) in [6.07, 6.45) is 0. The van der Waals surface area contributed by atoms with E-state index in [-0.39, 0.29) is 11.8 Å². The lowest BCUT2D eigenvalue weighted by Crippen LogP contribution is -2.14. The van der Waals surface area contributed by atoms with Gasteiger partial charge in [-0.15, -0.1) is 0 Å². The van der Waals surface area contributed by atoms with Gasteiger partial charge in [-0.3, -0.25) is 9.59 Å². The second kappa shape index (κ2) is 8.52. The van der Waals surface area contributed by atoms with Crippen molar-refractivity contribution in [3.63, 3.8) is 0 Å². The van der Waals surface area contributed by atoms with E-state index in [0.717, 1.165) is 0 Å². The fourth-order valence-corrected chi connectivity index (χ4v) is 2.58. The first-order chi connectivity index (χ1) is 13.6. The fraction of sp³-hybridized carbons (Fsp3) is 0.0455. The number of nitriles is 1. The molecule has 0 aromatic heterocycles. The second-order valence-electron chi connectivity index (χ2n) is 5.88. The maximum absolute atomic E-state index is 12.4. The average molecular weight is 371 g/mol. The third-order valence-electron chi connectivity index (χ3n) is 4.01. The molecule has 2 amide bonds. The average Bonchev–Trinajstić information content (AvgIpc) is 2.74. The maximum Gasteiger partial charge on any atom is 0.255 e. The van der Waals surface area contributed by atoms with Gasteiger partial charge in [0.1, 0.15) is 5.75 Å². The quantitative estimate of drug-likeness (QED) is 0.707. The molecule has 0 aliphatic heterocycles. The van der Waals surface area contributed by atoms with E-state index in [0.29, 0.717) is 33.8 Å². The number of rotatable bonds is 5. The van der Waals surface area contributed by atoms with Crippen LogP contribution in [0.2, 0.25) is 0 Å². The van der Waals surface area contributed by atoms with Crippen LogP contribution in [0.15, 0.2) is 72.8 Å². The molecular weight excluding hydrogens is 354 g/mol. The summed E-state index contributed by atoms with van der Waals surface area (Å²) in [7, 11) is 1.54. The molecule has 138 valence electrons. The van der Waals surface area contributed by atoms with Crippen molar-refractivity contribution in [2.24, 2.45) is 0 Å². The maximum atomic E-state index is 12.4. The number of nitrogens with one attached hydrogen (secondary N) is 2. The first-order valence-electron chi connectivity index (χ1n) is 8.46. The van der Waals surface area contributed by atoms with E-state index in [4.69, 9.17) is 10.00 Å². The SMILES string of the molecule is COc1ccccc1NC(=O)c1ccc(NC(=O)c2cccc(C#N)c2)cc1. The van der Waals surface area contributed by atoms with Gasteiger partial charge in [0.25, 0.3) is 11.8 Å². The molecule has 0 spiro atoms. The van der Waals surface area contributed by atoms with Crippen molar-refractivity contribution in [2.75, 3.05) is 17.7 Å². The van der Waals surface area contributed by atoms with Crippen LogP contribution >= 0.6 is 0 Å². The van der Waals surface area contributed by atoms with E-state index in [1.54, 1.807) is 60.7 Å². The van der Waals surface area contributed by atoms with Crippen molar-refractivity contribution in [1.82, 2.24) is 0 Å². The third kappa shape index (κ3) is 4.34. The number of para-hydroxylation sites is 2. The van der Waals surface area contributed by atoms with E-state index in [9.17, 15) is 9.59 Å². The molecule has 0 aliphatic carbocycles. The highest BCUT2D eigenvalue weighted by atomic mass is 16.5. The molecule has 6 nitrogen and oxygen atoms in total. The Kier molecular flexibility index (Phi) is 5.68. The Morgan fingerprint density at radius 2 is 1.57 bits per heavy atom. The Bertz CT molecular complexity index is 1050. The van der Waals surface area contributed by atoms with Gasteiger partial charge in [-0.25, -0.2) is 0 Å². The Morgan fingerprint density at radius 1 is 0.857 bits per heavy atom. The van der Waals surface area contributed by atoms with Crippen molar-refractivity contribution in [3.05, 3.63) is 89.5 Å². The van der Waals surface area contributed by atoms with E-state index in [1.807, 2.05) is 12.1 Å². The van der Waals surface area contributed by atoms with E-state index in [1.165, 1.54) is 13.2 Å². The fourth-order valence-electron chi connectivity index (χ4n) is 2.58. The number of methoxy groups -OCH3 is 1. The highest BCUT2D eigenvalue weighted by Crippen LogP contribution is 2.24. The number of hydrogen-bond donors (Lipinski definition) is 2. The van der Waals surface area contributed by atoms with Crippen LogP contribution in [0.5, 0.6) is 5.75 Å². The number of carbonyl (C=O) groups excluding carboxylic acids is 2. The first kappa shape index (κ1) is 18.7. The highest BCUT2D eigenvalue weighted by molar-refractivity contribution is 6.06. The summed E-state index contributed by atoms with van der Waals surface area (Å²) in [6.45, 7) is 0. The van der Waals surface area contributed by atoms with Crippen molar-refractivity contribution in [3.8, 4) is 11.8 Å². The van der Waals surface area contributed by atoms with Crippen molar-refractivity contribution < 1.29 is 14.3 Å². The molecule has 28 heavy (non-hydrogen) atoms. The van der Waals surface area contributed by atoms with Crippen molar-refractivity contribution in [1.29, 1.82) is 5.26 Å². The Labute approximate surface area is 162 Å². The summed E-state index contributed by atoms with van der Waals surface area (Å²) in [5, 5.41) is 14.5. The molecule has 3 aromatic rings. The molecule has 0 unspecified atom stereocenters. The van der Waals surface area contributed by atoms with Crippen LogP contribution in [0.3, 0.4) is 0 Å². The van der Waals surface area contributed by atoms with Gasteiger partial charge >= 0.3 is 0 Å². The van der Waals surface area contributed by atoms with Crippen LogP contribution in [0.1, 0.15) is 26.3 Å². The Morgan fingerprint density at radius 3 is 2.29 bits per heavy atom. The number of anilines is 2. The molecule has 6 heteroatoms. The smallest absolute Gasteiger partial charge is 0.255 e. The second-order valence-corrected chi connectivity index (χ2v) is 5.88. The standard InChI is InChI=1S/C22H17N3O3/c1-28-20-8-3-2-7-19(20)25-21(26)16-9-11-18(12-10-16)24-22(27)17-6-4-5-15(13-17)14-23/h2-13H,1H3,(H,24,27)(H,25,26). The van der Waals surface area contributed by atoms with Crippen LogP contribution in [0.25, 0.3) is 0 Å². The molecular formula is C22H17N3O3. The molecule has 3 aromatic carbocycles. The molecule has 0 fully saturated rings. The van der Waals surface area contributed by atoms with Gasteiger partial charge in [0.05, 0.1) is 24.4 Å². The van der Waals surface area contributed by atoms with E-state index in [2.05, 4.69) is 10.6 Å². The molecule has 0 saturated carbocycles. The van der Waals surface area contributed by atoms with Crippen LogP contribution in [0.4, 0.5) is 11.4 Å².